The zero-order chi connectivity index (χ0) is 12.9. The molecule has 0 saturated carbocycles. The third-order valence-electron chi connectivity index (χ3n) is 2.39. The van der Waals surface area contributed by atoms with Crippen LogP contribution in [0.4, 0.5) is 0 Å². The van der Waals surface area contributed by atoms with Gasteiger partial charge >= 0.3 is 0 Å². The van der Waals surface area contributed by atoms with E-state index in [1.807, 2.05) is 30.1 Å². The minimum Gasteiger partial charge on any atom is -0.357 e. The van der Waals surface area contributed by atoms with Crippen molar-refractivity contribution in [3.63, 3.8) is 0 Å². The van der Waals surface area contributed by atoms with E-state index in [0.29, 0.717) is 19.5 Å². The molecule has 1 aromatic heterocycles. The standard InChI is InChI=1S/C13H23N3O/c1-13(2,3)15-7-5-12(17)14-9-11-6-8-16(4)10-11/h6,8,10,15H,5,7,9H2,1-4H3,(H,14,17). The summed E-state index contributed by atoms with van der Waals surface area (Å²) in [5.74, 6) is 0.0885. The van der Waals surface area contributed by atoms with Gasteiger partial charge in [0, 0.05) is 44.5 Å². The Kier molecular flexibility index (Phi) is 4.75. The number of hydrogen-bond donors (Lipinski definition) is 2. The molecule has 1 heterocycles. The molecule has 96 valence electrons. The van der Waals surface area contributed by atoms with E-state index in [9.17, 15) is 4.79 Å². The second kappa shape index (κ2) is 5.87. The quantitative estimate of drug-likeness (QED) is 0.813. The molecule has 0 atom stereocenters. The molecule has 4 nitrogen and oxygen atoms in total. The minimum atomic E-state index is 0.0692. The zero-order valence-corrected chi connectivity index (χ0v) is 11.2. The summed E-state index contributed by atoms with van der Waals surface area (Å²) in [6.45, 7) is 7.60. The number of carbonyl (C=O) groups excluding carboxylic acids is 1. The number of amides is 1. The minimum absolute atomic E-state index is 0.0692. The van der Waals surface area contributed by atoms with Crippen molar-refractivity contribution in [3.8, 4) is 0 Å². The molecule has 1 aromatic rings. The Morgan fingerprint density at radius 1 is 1.41 bits per heavy atom. The van der Waals surface area contributed by atoms with Crippen molar-refractivity contribution < 1.29 is 4.79 Å². The molecule has 0 aromatic carbocycles. The number of hydrogen-bond acceptors (Lipinski definition) is 2. The first-order valence-corrected chi connectivity index (χ1v) is 5.99. The second-order valence-corrected chi connectivity index (χ2v) is 5.39. The number of rotatable bonds is 5. The molecule has 0 bridgehead atoms. The summed E-state index contributed by atoms with van der Waals surface area (Å²) < 4.78 is 1.97. The van der Waals surface area contributed by atoms with Gasteiger partial charge in [0.15, 0.2) is 0 Å². The molecule has 4 heteroatoms. The highest BCUT2D eigenvalue weighted by molar-refractivity contribution is 5.76. The lowest BCUT2D eigenvalue weighted by molar-refractivity contribution is -0.121. The predicted octanol–water partition coefficient (Wildman–Crippen LogP) is 1.42. The number of aryl methyl sites for hydroxylation is 1. The summed E-state index contributed by atoms with van der Waals surface area (Å²) >= 11 is 0. The lowest BCUT2D eigenvalue weighted by Crippen LogP contribution is -2.38. The highest BCUT2D eigenvalue weighted by Gasteiger charge is 2.09. The Hall–Kier alpha value is -1.29. The summed E-state index contributed by atoms with van der Waals surface area (Å²) in [6, 6.07) is 2.01. The smallest absolute Gasteiger partial charge is 0.221 e. The molecule has 0 aliphatic rings. The lowest BCUT2D eigenvalue weighted by atomic mass is 10.1. The van der Waals surface area contributed by atoms with E-state index in [1.165, 1.54) is 0 Å². The van der Waals surface area contributed by atoms with Crippen LogP contribution in [0.1, 0.15) is 32.8 Å². The van der Waals surface area contributed by atoms with Gasteiger partial charge in [0.1, 0.15) is 0 Å². The Morgan fingerprint density at radius 3 is 2.65 bits per heavy atom. The number of aromatic nitrogens is 1. The first-order chi connectivity index (χ1) is 7.87. The fourth-order valence-electron chi connectivity index (χ4n) is 1.51. The van der Waals surface area contributed by atoms with Gasteiger partial charge < -0.3 is 15.2 Å². The van der Waals surface area contributed by atoms with Gasteiger partial charge in [0.2, 0.25) is 5.91 Å². The maximum atomic E-state index is 11.6. The van der Waals surface area contributed by atoms with Crippen LogP contribution in [0.3, 0.4) is 0 Å². The molecule has 0 aliphatic heterocycles. The SMILES string of the molecule is Cn1ccc(CNC(=O)CCNC(C)(C)C)c1. The molecule has 1 amide bonds. The van der Waals surface area contributed by atoms with Gasteiger partial charge in [-0.05, 0) is 32.4 Å². The second-order valence-electron chi connectivity index (χ2n) is 5.39. The normalized spacial score (nSPS) is 11.5. The average Bonchev–Trinajstić information content (AvgIpc) is 2.59. The number of carbonyl (C=O) groups is 1. The van der Waals surface area contributed by atoms with Crippen LogP contribution >= 0.6 is 0 Å². The van der Waals surface area contributed by atoms with Crippen molar-refractivity contribution in [3.05, 3.63) is 24.0 Å². The van der Waals surface area contributed by atoms with Crippen LogP contribution in [0, 0.1) is 0 Å². The summed E-state index contributed by atoms with van der Waals surface area (Å²) in [5, 5.41) is 6.20. The Morgan fingerprint density at radius 2 is 2.12 bits per heavy atom. The van der Waals surface area contributed by atoms with Crippen molar-refractivity contribution in [1.82, 2.24) is 15.2 Å². The predicted molar refractivity (Wildman–Crippen MR) is 69.6 cm³/mol. The molecule has 0 fully saturated rings. The molecule has 0 spiro atoms. The van der Waals surface area contributed by atoms with Crippen LogP contribution in [0.5, 0.6) is 0 Å². The van der Waals surface area contributed by atoms with Gasteiger partial charge in [0.25, 0.3) is 0 Å². The van der Waals surface area contributed by atoms with E-state index in [-0.39, 0.29) is 11.4 Å². The third kappa shape index (κ3) is 6.12. The van der Waals surface area contributed by atoms with Crippen molar-refractivity contribution in [2.75, 3.05) is 6.54 Å². The van der Waals surface area contributed by atoms with E-state index in [1.54, 1.807) is 0 Å². The van der Waals surface area contributed by atoms with Gasteiger partial charge in [-0.1, -0.05) is 0 Å². The van der Waals surface area contributed by atoms with Gasteiger partial charge in [-0.15, -0.1) is 0 Å². The Labute approximate surface area is 103 Å². The summed E-state index contributed by atoms with van der Waals surface area (Å²) in [6.07, 6.45) is 4.50. The molecule has 1 rings (SSSR count). The average molecular weight is 237 g/mol. The Bertz CT molecular complexity index is 363. The first kappa shape index (κ1) is 13.8. The maximum absolute atomic E-state index is 11.6. The highest BCUT2D eigenvalue weighted by atomic mass is 16.1. The van der Waals surface area contributed by atoms with Gasteiger partial charge in [-0.25, -0.2) is 0 Å². The highest BCUT2D eigenvalue weighted by Crippen LogP contribution is 2.00. The third-order valence-corrected chi connectivity index (χ3v) is 2.39. The van der Waals surface area contributed by atoms with E-state index >= 15 is 0 Å². The maximum Gasteiger partial charge on any atom is 0.221 e. The molecule has 0 aliphatic carbocycles. The first-order valence-electron chi connectivity index (χ1n) is 5.99. The van der Waals surface area contributed by atoms with Crippen molar-refractivity contribution in [2.24, 2.45) is 7.05 Å². The molecule has 2 N–H and O–H groups in total. The van der Waals surface area contributed by atoms with Gasteiger partial charge in [-0.2, -0.15) is 0 Å². The topological polar surface area (TPSA) is 46.1 Å². The Balaban J connectivity index is 2.18. The van der Waals surface area contributed by atoms with Crippen LogP contribution in [0.15, 0.2) is 18.5 Å². The molecule has 17 heavy (non-hydrogen) atoms. The van der Waals surface area contributed by atoms with Crippen LogP contribution in [-0.4, -0.2) is 22.6 Å². The van der Waals surface area contributed by atoms with Gasteiger partial charge in [-0.3, -0.25) is 4.79 Å². The van der Waals surface area contributed by atoms with E-state index in [2.05, 4.69) is 31.4 Å². The summed E-state index contributed by atoms with van der Waals surface area (Å²) in [7, 11) is 1.97. The van der Waals surface area contributed by atoms with E-state index in [4.69, 9.17) is 0 Å². The fraction of sp³-hybridized carbons (Fsp3) is 0.615. The van der Waals surface area contributed by atoms with Crippen molar-refractivity contribution in [2.45, 2.75) is 39.3 Å². The fourth-order valence-corrected chi connectivity index (χ4v) is 1.51. The number of nitrogens with zero attached hydrogens (tertiary/aromatic N) is 1. The van der Waals surface area contributed by atoms with Crippen LogP contribution in [0.25, 0.3) is 0 Å². The largest absolute Gasteiger partial charge is 0.357 e. The molecule has 0 radical (unpaired) electrons. The van der Waals surface area contributed by atoms with Crippen molar-refractivity contribution >= 4 is 5.91 Å². The summed E-state index contributed by atoms with van der Waals surface area (Å²) in [4.78, 5) is 11.6. The molecular weight excluding hydrogens is 214 g/mol. The molecule has 0 saturated heterocycles. The van der Waals surface area contributed by atoms with E-state index < -0.39 is 0 Å². The number of nitrogens with one attached hydrogen (secondary N) is 2. The monoisotopic (exact) mass is 237 g/mol. The summed E-state index contributed by atoms with van der Waals surface area (Å²) in [5.41, 5.74) is 1.20. The lowest BCUT2D eigenvalue weighted by Gasteiger charge is -2.20. The van der Waals surface area contributed by atoms with Crippen LogP contribution < -0.4 is 10.6 Å². The zero-order valence-electron chi connectivity index (χ0n) is 11.2. The van der Waals surface area contributed by atoms with Crippen LogP contribution in [0.2, 0.25) is 0 Å². The molecular formula is C13H23N3O. The van der Waals surface area contributed by atoms with Gasteiger partial charge in [0.05, 0.1) is 0 Å². The van der Waals surface area contributed by atoms with Crippen LogP contribution in [-0.2, 0) is 18.4 Å². The molecule has 0 unspecified atom stereocenters. The van der Waals surface area contributed by atoms with Crippen molar-refractivity contribution in [1.29, 1.82) is 0 Å². The van der Waals surface area contributed by atoms with E-state index in [0.717, 1.165) is 5.56 Å².